The first-order valence-corrected chi connectivity index (χ1v) is 7.65. The maximum Gasteiger partial charge on any atom is 0.420 e. The van der Waals surface area contributed by atoms with Crippen LogP contribution in [0.1, 0.15) is 17.2 Å². The molecular formula is C18H18N2O4. The number of nitrogens with one attached hydrogen (secondary N) is 1. The number of carbonyl (C=O) groups is 1. The highest BCUT2D eigenvalue weighted by molar-refractivity contribution is 5.79. The van der Waals surface area contributed by atoms with E-state index in [-0.39, 0.29) is 19.0 Å². The molecule has 0 aliphatic heterocycles. The van der Waals surface area contributed by atoms with E-state index in [1.807, 2.05) is 31.2 Å². The molecule has 0 bridgehead atoms. The molecule has 0 spiro atoms. The van der Waals surface area contributed by atoms with Crippen LogP contribution in [0.4, 0.5) is 0 Å². The lowest BCUT2D eigenvalue weighted by Crippen LogP contribution is -2.33. The Morgan fingerprint density at radius 1 is 1.21 bits per heavy atom. The van der Waals surface area contributed by atoms with Crippen LogP contribution in [0, 0.1) is 6.92 Å². The van der Waals surface area contributed by atoms with Crippen molar-refractivity contribution in [3.05, 3.63) is 70.2 Å². The van der Waals surface area contributed by atoms with E-state index in [0.29, 0.717) is 11.1 Å². The van der Waals surface area contributed by atoms with Gasteiger partial charge < -0.3 is 14.8 Å². The summed E-state index contributed by atoms with van der Waals surface area (Å²) in [6.45, 7) is 1.82. The first kappa shape index (κ1) is 16.0. The summed E-state index contributed by atoms with van der Waals surface area (Å²) in [6, 6.07) is 14.4. The number of oxazole rings is 1. The molecule has 24 heavy (non-hydrogen) atoms. The summed E-state index contributed by atoms with van der Waals surface area (Å²) in [6.07, 6.45) is -0.798. The van der Waals surface area contributed by atoms with Crippen LogP contribution in [0.5, 0.6) is 0 Å². The summed E-state index contributed by atoms with van der Waals surface area (Å²) in [4.78, 5) is 23.9. The third-order valence-corrected chi connectivity index (χ3v) is 3.92. The zero-order valence-electron chi connectivity index (χ0n) is 13.2. The van der Waals surface area contributed by atoms with Crippen LogP contribution >= 0.6 is 0 Å². The maximum absolute atomic E-state index is 12.1. The van der Waals surface area contributed by atoms with Crippen molar-refractivity contribution < 1.29 is 14.3 Å². The summed E-state index contributed by atoms with van der Waals surface area (Å²) in [7, 11) is 0. The lowest BCUT2D eigenvalue weighted by Gasteiger charge is -2.14. The minimum absolute atomic E-state index is 0.0776. The number of amides is 1. The van der Waals surface area contributed by atoms with Gasteiger partial charge >= 0.3 is 5.76 Å². The number of hydrogen-bond donors (Lipinski definition) is 2. The van der Waals surface area contributed by atoms with Crippen LogP contribution in [-0.4, -0.2) is 22.1 Å². The fourth-order valence-electron chi connectivity index (χ4n) is 2.64. The molecule has 1 atom stereocenters. The van der Waals surface area contributed by atoms with E-state index >= 15 is 0 Å². The second kappa shape index (κ2) is 6.72. The Labute approximate surface area is 138 Å². The van der Waals surface area contributed by atoms with Crippen molar-refractivity contribution in [3.8, 4) is 0 Å². The summed E-state index contributed by atoms with van der Waals surface area (Å²) in [5.74, 6) is -0.943. The number of nitrogens with zero attached hydrogens (tertiary/aromatic N) is 1. The lowest BCUT2D eigenvalue weighted by atomic mass is 10.0. The highest BCUT2D eigenvalue weighted by Crippen LogP contribution is 2.16. The summed E-state index contributed by atoms with van der Waals surface area (Å²) < 4.78 is 6.36. The Morgan fingerprint density at radius 2 is 1.92 bits per heavy atom. The third kappa shape index (κ3) is 3.23. The molecule has 1 heterocycles. The molecule has 1 amide bonds. The molecule has 2 N–H and O–H groups in total. The van der Waals surface area contributed by atoms with E-state index in [2.05, 4.69) is 5.32 Å². The Bertz CT molecular complexity index is 926. The number of aliphatic hydroxyl groups is 1. The molecule has 1 aromatic heterocycles. The second-order valence-corrected chi connectivity index (χ2v) is 5.60. The van der Waals surface area contributed by atoms with Crippen molar-refractivity contribution in [2.24, 2.45) is 0 Å². The highest BCUT2D eigenvalue weighted by atomic mass is 16.4. The predicted molar refractivity (Wildman–Crippen MR) is 89.6 cm³/mol. The quantitative estimate of drug-likeness (QED) is 0.748. The minimum Gasteiger partial charge on any atom is -0.408 e. The second-order valence-electron chi connectivity index (χ2n) is 5.60. The van der Waals surface area contributed by atoms with Gasteiger partial charge in [-0.1, -0.05) is 36.4 Å². The van der Waals surface area contributed by atoms with Crippen molar-refractivity contribution in [1.29, 1.82) is 0 Å². The molecule has 124 valence electrons. The fourth-order valence-corrected chi connectivity index (χ4v) is 2.64. The van der Waals surface area contributed by atoms with Gasteiger partial charge in [0.05, 0.1) is 11.6 Å². The summed E-state index contributed by atoms with van der Waals surface area (Å²) >= 11 is 0. The Morgan fingerprint density at radius 3 is 2.71 bits per heavy atom. The van der Waals surface area contributed by atoms with Crippen molar-refractivity contribution in [2.75, 3.05) is 6.54 Å². The molecule has 0 saturated heterocycles. The summed E-state index contributed by atoms with van der Waals surface area (Å²) in [5, 5.41) is 12.8. The zero-order valence-corrected chi connectivity index (χ0v) is 13.2. The van der Waals surface area contributed by atoms with Gasteiger partial charge in [-0.05, 0) is 30.2 Å². The molecule has 1 unspecified atom stereocenters. The van der Waals surface area contributed by atoms with Gasteiger partial charge in [0.25, 0.3) is 0 Å². The maximum atomic E-state index is 12.1. The van der Waals surface area contributed by atoms with E-state index in [0.717, 1.165) is 11.1 Å². The van der Waals surface area contributed by atoms with Crippen LogP contribution in [0.15, 0.2) is 57.7 Å². The van der Waals surface area contributed by atoms with E-state index in [4.69, 9.17) is 4.42 Å². The number of aryl methyl sites for hydroxylation is 1. The smallest absolute Gasteiger partial charge is 0.408 e. The number of para-hydroxylation sites is 2. The van der Waals surface area contributed by atoms with Crippen molar-refractivity contribution in [2.45, 2.75) is 19.6 Å². The molecule has 6 heteroatoms. The minimum atomic E-state index is -0.798. The molecule has 6 nitrogen and oxygen atoms in total. The van der Waals surface area contributed by atoms with Crippen LogP contribution < -0.4 is 11.1 Å². The Hall–Kier alpha value is -2.86. The predicted octanol–water partition coefficient (Wildman–Crippen LogP) is 1.75. The number of aromatic nitrogens is 1. The highest BCUT2D eigenvalue weighted by Gasteiger charge is 2.14. The van der Waals surface area contributed by atoms with Crippen molar-refractivity contribution in [3.63, 3.8) is 0 Å². The Kier molecular flexibility index (Phi) is 4.48. The molecular weight excluding hydrogens is 308 g/mol. The SMILES string of the molecule is Cc1ccccc1C(O)CNC(=O)Cn1c(=O)oc2ccccc21. The van der Waals surface area contributed by atoms with E-state index < -0.39 is 11.9 Å². The van der Waals surface area contributed by atoms with Gasteiger partial charge in [0.2, 0.25) is 5.91 Å². The Balaban J connectivity index is 1.66. The van der Waals surface area contributed by atoms with Gasteiger partial charge in [-0.2, -0.15) is 0 Å². The number of hydrogen-bond acceptors (Lipinski definition) is 4. The van der Waals surface area contributed by atoms with Gasteiger partial charge in [0.15, 0.2) is 5.58 Å². The first-order valence-electron chi connectivity index (χ1n) is 7.65. The molecule has 0 saturated carbocycles. The number of carbonyl (C=O) groups excluding carboxylic acids is 1. The molecule has 3 rings (SSSR count). The molecule has 3 aromatic rings. The lowest BCUT2D eigenvalue weighted by molar-refractivity contribution is -0.122. The average Bonchev–Trinajstić information content (AvgIpc) is 2.89. The van der Waals surface area contributed by atoms with Gasteiger partial charge in [-0.25, -0.2) is 4.79 Å². The zero-order chi connectivity index (χ0) is 17.1. The molecule has 0 radical (unpaired) electrons. The fraction of sp³-hybridized carbons (Fsp3) is 0.222. The van der Waals surface area contributed by atoms with E-state index in [1.54, 1.807) is 24.3 Å². The van der Waals surface area contributed by atoms with Crippen LogP contribution in [0.25, 0.3) is 11.1 Å². The molecule has 0 fully saturated rings. The van der Waals surface area contributed by atoms with Crippen LogP contribution in [0.2, 0.25) is 0 Å². The number of aliphatic hydroxyl groups excluding tert-OH is 1. The van der Waals surface area contributed by atoms with Crippen LogP contribution in [-0.2, 0) is 11.3 Å². The molecule has 0 aliphatic carbocycles. The van der Waals surface area contributed by atoms with Crippen molar-refractivity contribution in [1.82, 2.24) is 9.88 Å². The largest absolute Gasteiger partial charge is 0.420 e. The van der Waals surface area contributed by atoms with Gasteiger partial charge in [0.1, 0.15) is 6.54 Å². The van der Waals surface area contributed by atoms with Gasteiger partial charge in [-0.15, -0.1) is 0 Å². The standard InChI is InChI=1S/C18H18N2O4/c1-12-6-2-3-7-13(12)15(21)10-19-17(22)11-20-14-8-4-5-9-16(14)24-18(20)23/h2-9,15,21H,10-11H2,1H3,(H,19,22). The number of benzene rings is 2. The summed E-state index contributed by atoms with van der Waals surface area (Å²) in [5.41, 5.74) is 2.73. The van der Waals surface area contributed by atoms with Gasteiger partial charge in [0, 0.05) is 6.54 Å². The number of rotatable bonds is 5. The third-order valence-electron chi connectivity index (χ3n) is 3.92. The van der Waals surface area contributed by atoms with E-state index in [1.165, 1.54) is 4.57 Å². The first-order chi connectivity index (χ1) is 11.6. The monoisotopic (exact) mass is 326 g/mol. The normalized spacial score (nSPS) is 12.2. The van der Waals surface area contributed by atoms with Crippen LogP contribution in [0.3, 0.4) is 0 Å². The molecule has 0 aliphatic rings. The van der Waals surface area contributed by atoms with E-state index in [9.17, 15) is 14.7 Å². The molecule has 2 aromatic carbocycles. The van der Waals surface area contributed by atoms with Crippen molar-refractivity contribution >= 4 is 17.0 Å². The topological polar surface area (TPSA) is 84.5 Å². The van der Waals surface area contributed by atoms with Gasteiger partial charge in [-0.3, -0.25) is 9.36 Å². The number of fused-ring (bicyclic) bond motifs is 1. The average molecular weight is 326 g/mol.